The Kier molecular flexibility index (Phi) is 4.84. The van der Waals surface area contributed by atoms with Crippen molar-refractivity contribution >= 4 is 49.6 Å². The number of thiazole rings is 1. The molecule has 10 heteroatoms. The number of aryl methyl sites for hydroxylation is 1. The first kappa shape index (κ1) is 19.4. The number of nitro benzene ring substituents is 2. The summed E-state index contributed by atoms with van der Waals surface area (Å²) in [5, 5.41) is 24.3. The number of fused-ring (bicyclic) bond motifs is 3. The number of rotatable bonds is 4. The predicted molar refractivity (Wildman–Crippen MR) is 113 cm³/mol. The molecule has 150 valence electrons. The van der Waals surface area contributed by atoms with Crippen LogP contribution >= 0.6 is 11.3 Å². The van der Waals surface area contributed by atoms with Gasteiger partial charge in [0, 0.05) is 24.1 Å². The maximum Gasteiger partial charge on any atom is 0.280 e. The number of hydrogen-bond acceptors (Lipinski definition) is 6. The van der Waals surface area contributed by atoms with Gasteiger partial charge >= 0.3 is 0 Å². The minimum Gasteiger partial charge on any atom is -0.317 e. The highest BCUT2D eigenvalue weighted by atomic mass is 32.1. The fourth-order valence-corrected chi connectivity index (χ4v) is 4.50. The third-order valence-electron chi connectivity index (χ3n) is 4.66. The van der Waals surface area contributed by atoms with Gasteiger partial charge in [-0.15, -0.1) is 0 Å². The second kappa shape index (κ2) is 7.48. The van der Waals surface area contributed by atoms with Gasteiger partial charge in [0.1, 0.15) is 0 Å². The smallest absolute Gasteiger partial charge is 0.280 e. The molecule has 0 aliphatic carbocycles. The molecular formula is C20H14N4O5S. The van der Waals surface area contributed by atoms with E-state index in [0.29, 0.717) is 11.3 Å². The maximum atomic E-state index is 12.8. The van der Waals surface area contributed by atoms with E-state index < -0.39 is 27.1 Å². The molecule has 1 aromatic heterocycles. The molecule has 3 aromatic carbocycles. The molecule has 0 aliphatic rings. The molecule has 0 saturated carbocycles. The molecule has 0 N–H and O–H groups in total. The fraction of sp³-hybridized carbons (Fsp3) is 0.100. The first-order valence-electron chi connectivity index (χ1n) is 8.93. The summed E-state index contributed by atoms with van der Waals surface area (Å²) in [6, 6.07) is 14.6. The zero-order chi connectivity index (χ0) is 21.4. The number of carbonyl (C=O) groups is 1. The Morgan fingerprint density at radius 1 is 1.03 bits per heavy atom. The molecule has 4 rings (SSSR count). The lowest BCUT2D eigenvalue weighted by Gasteiger charge is -2.02. The highest BCUT2D eigenvalue weighted by molar-refractivity contribution is 7.17. The van der Waals surface area contributed by atoms with Crippen molar-refractivity contribution in [1.82, 2.24) is 4.57 Å². The van der Waals surface area contributed by atoms with Gasteiger partial charge in [0.05, 0.1) is 31.7 Å². The molecule has 0 fully saturated rings. The molecular weight excluding hydrogens is 408 g/mol. The molecule has 1 heterocycles. The SMILES string of the molecule is CCn1c(=NC(=O)c2cc([N+](=O)[O-])cc([N+](=O)[O-])c2)sc2c3ccccc3ccc21. The van der Waals surface area contributed by atoms with Crippen LogP contribution in [0.1, 0.15) is 17.3 Å². The van der Waals surface area contributed by atoms with Crippen LogP contribution in [-0.2, 0) is 6.54 Å². The van der Waals surface area contributed by atoms with Crippen LogP contribution in [-0.4, -0.2) is 20.3 Å². The van der Waals surface area contributed by atoms with E-state index in [4.69, 9.17) is 0 Å². The lowest BCUT2D eigenvalue weighted by molar-refractivity contribution is -0.394. The first-order valence-corrected chi connectivity index (χ1v) is 9.74. The van der Waals surface area contributed by atoms with E-state index in [1.807, 2.05) is 47.9 Å². The van der Waals surface area contributed by atoms with Crippen molar-refractivity contribution < 1.29 is 14.6 Å². The van der Waals surface area contributed by atoms with Gasteiger partial charge in [-0.05, 0) is 18.4 Å². The summed E-state index contributed by atoms with van der Waals surface area (Å²) in [6.07, 6.45) is 0. The van der Waals surface area contributed by atoms with Crippen molar-refractivity contribution in [2.24, 2.45) is 4.99 Å². The maximum absolute atomic E-state index is 12.8. The predicted octanol–water partition coefficient (Wildman–Crippen LogP) is 4.43. The Hall–Kier alpha value is -3.92. The molecule has 4 aromatic rings. The van der Waals surface area contributed by atoms with E-state index in [1.54, 1.807) is 0 Å². The molecule has 0 radical (unpaired) electrons. The summed E-state index contributed by atoms with van der Waals surface area (Å²) >= 11 is 1.33. The van der Waals surface area contributed by atoms with Crippen LogP contribution in [0.5, 0.6) is 0 Å². The van der Waals surface area contributed by atoms with Gasteiger partial charge in [0.15, 0.2) is 4.80 Å². The summed E-state index contributed by atoms with van der Waals surface area (Å²) < 4.78 is 2.84. The zero-order valence-electron chi connectivity index (χ0n) is 15.6. The molecule has 0 unspecified atom stereocenters. The number of nitro groups is 2. The summed E-state index contributed by atoms with van der Waals surface area (Å²) in [4.78, 5) is 37.9. The Labute approximate surface area is 172 Å². The van der Waals surface area contributed by atoms with Gasteiger partial charge < -0.3 is 4.57 Å². The third-order valence-corrected chi connectivity index (χ3v) is 5.79. The quantitative estimate of drug-likeness (QED) is 0.356. The second-order valence-corrected chi connectivity index (χ2v) is 7.41. The molecule has 1 amide bonds. The summed E-state index contributed by atoms with van der Waals surface area (Å²) in [7, 11) is 0. The highest BCUT2D eigenvalue weighted by Crippen LogP contribution is 2.28. The van der Waals surface area contributed by atoms with E-state index in [0.717, 1.165) is 39.2 Å². The van der Waals surface area contributed by atoms with Gasteiger partial charge in [-0.25, -0.2) is 0 Å². The van der Waals surface area contributed by atoms with E-state index in [-0.39, 0.29) is 5.56 Å². The Bertz CT molecular complexity index is 1390. The van der Waals surface area contributed by atoms with Gasteiger partial charge in [-0.1, -0.05) is 41.7 Å². The number of non-ortho nitro benzene ring substituents is 2. The van der Waals surface area contributed by atoms with Gasteiger partial charge in [0.2, 0.25) is 0 Å². The molecule has 0 aliphatic heterocycles. The Balaban J connectivity index is 1.91. The fourth-order valence-electron chi connectivity index (χ4n) is 3.27. The lowest BCUT2D eigenvalue weighted by Crippen LogP contribution is -2.16. The molecule has 0 spiro atoms. The van der Waals surface area contributed by atoms with E-state index in [9.17, 15) is 25.0 Å². The Morgan fingerprint density at radius 3 is 2.33 bits per heavy atom. The monoisotopic (exact) mass is 422 g/mol. The van der Waals surface area contributed by atoms with Crippen LogP contribution in [0.25, 0.3) is 21.0 Å². The van der Waals surface area contributed by atoms with Crippen molar-refractivity contribution in [3.63, 3.8) is 0 Å². The third kappa shape index (κ3) is 3.33. The average Bonchev–Trinajstić information content (AvgIpc) is 3.10. The Morgan fingerprint density at radius 2 is 1.70 bits per heavy atom. The van der Waals surface area contributed by atoms with E-state index in [1.165, 1.54) is 11.3 Å². The summed E-state index contributed by atoms with van der Waals surface area (Å²) in [5.74, 6) is -0.778. The van der Waals surface area contributed by atoms with Crippen LogP contribution in [0.2, 0.25) is 0 Å². The van der Waals surface area contributed by atoms with Crippen LogP contribution in [0.4, 0.5) is 11.4 Å². The zero-order valence-corrected chi connectivity index (χ0v) is 16.5. The van der Waals surface area contributed by atoms with Crippen molar-refractivity contribution in [3.8, 4) is 0 Å². The average molecular weight is 422 g/mol. The van der Waals surface area contributed by atoms with Crippen LogP contribution in [0.15, 0.2) is 59.6 Å². The number of amides is 1. The normalized spacial score (nSPS) is 11.8. The molecule has 0 saturated heterocycles. The highest BCUT2D eigenvalue weighted by Gasteiger charge is 2.20. The van der Waals surface area contributed by atoms with Crippen LogP contribution < -0.4 is 4.80 Å². The van der Waals surface area contributed by atoms with Crippen molar-refractivity contribution in [2.45, 2.75) is 13.5 Å². The van der Waals surface area contributed by atoms with Crippen LogP contribution in [0, 0.1) is 20.2 Å². The van der Waals surface area contributed by atoms with Gasteiger partial charge in [-0.3, -0.25) is 25.0 Å². The minimum atomic E-state index is -0.778. The van der Waals surface area contributed by atoms with Gasteiger partial charge in [0.25, 0.3) is 17.3 Å². The van der Waals surface area contributed by atoms with Crippen molar-refractivity contribution in [3.05, 3.63) is 85.2 Å². The molecule has 0 bridgehead atoms. The lowest BCUT2D eigenvalue weighted by atomic mass is 10.1. The topological polar surface area (TPSA) is 121 Å². The number of aromatic nitrogens is 1. The van der Waals surface area contributed by atoms with E-state index in [2.05, 4.69) is 4.99 Å². The van der Waals surface area contributed by atoms with Gasteiger partial charge in [-0.2, -0.15) is 4.99 Å². The molecule has 0 atom stereocenters. The van der Waals surface area contributed by atoms with Crippen LogP contribution in [0.3, 0.4) is 0 Å². The standard InChI is InChI=1S/C20H14N4O5S/c1-2-22-17-8-7-12-5-3-4-6-16(12)18(17)30-20(22)21-19(25)13-9-14(23(26)27)11-15(10-13)24(28)29/h3-11H,2H2,1H3. The second-order valence-electron chi connectivity index (χ2n) is 6.43. The number of benzene rings is 3. The minimum absolute atomic E-state index is 0.208. The molecule has 9 nitrogen and oxygen atoms in total. The number of carbonyl (C=O) groups excluding carboxylic acids is 1. The first-order chi connectivity index (χ1) is 14.4. The molecule has 30 heavy (non-hydrogen) atoms. The number of hydrogen-bond donors (Lipinski definition) is 0. The van der Waals surface area contributed by atoms with Crippen molar-refractivity contribution in [2.75, 3.05) is 0 Å². The van der Waals surface area contributed by atoms with Crippen molar-refractivity contribution in [1.29, 1.82) is 0 Å². The summed E-state index contributed by atoms with van der Waals surface area (Å²) in [6.45, 7) is 2.47. The summed E-state index contributed by atoms with van der Waals surface area (Å²) in [5.41, 5.74) is -0.361. The van der Waals surface area contributed by atoms with E-state index >= 15 is 0 Å². The largest absolute Gasteiger partial charge is 0.317 e. The number of nitrogens with zero attached hydrogens (tertiary/aromatic N) is 4.